The van der Waals surface area contributed by atoms with Crippen LogP contribution in [0, 0.1) is 6.92 Å². The number of hydrogen-bond donors (Lipinski definition) is 1. The third-order valence-electron chi connectivity index (χ3n) is 4.44. The Morgan fingerprint density at radius 3 is 2.55 bits per heavy atom. The molecule has 3 rings (SSSR count). The van der Waals surface area contributed by atoms with E-state index in [1.807, 2.05) is 19.1 Å². The molecule has 0 atom stereocenters. The SMILES string of the molecule is Cc1ccc(NC(=O)CSc2nnc(CN(c3ccccc3)S(C)(=O)=O)n2C)cc1Cl. The summed E-state index contributed by atoms with van der Waals surface area (Å²) < 4.78 is 27.5. The van der Waals surface area contributed by atoms with Gasteiger partial charge in [-0.3, -0.25) is 9.10 Å². The van der Waals surface area contributed by atoms with Gasteiger partial charge in [0.15, 0.2) is 11.0 Å². The van der Waals surface area contributed by atoms with Gasteiger partial charge in [-0.1, -0.05) is 47.6 Å². The number of amides is 1. The van der Waals surface area contributed by atoms with Gasteiger partial charge >= 0.3 is 0 Å². The molecule has 0 saturated carbocycles. The van der Waals surface area contributed by atoms with E-state index in [9.17, 15) is 13.2 Å². The number of carbonyl (C=O) groups is 1. The van der Waals surface area contributed by atoms with E-state index in [1.165, 1.54) is 16.1 Å². The Labute approximate surface area is 190 Å². The summed E-state index contributed by atoms with van der Waals surface area (Å²) in [5.74, 6) is 0.366. The molecule has 31 heavy (non-hydrogen) atoms. The Bertz CT molecular complexity index is 1180. The Balaban J connectivity index is 1.66. The number of thioether (sulfide) groups is 1. The number of hydrogen-bond acceptors (Lipinski definition) is 6. The predicted octanol–water partition coefficient (Wildman–Crippen LogP) is 3.47. The van der Waals surface area contributed by atoms with Gasteiger partial charge in [-0.25, -0.2) is 8.42 Å². The first-order chi connectivity index (χ1) is 14.6. The number of rotatable bonds is 8. The van der Waals surface area contributed by atoms with Crippen molar-refractivity contribution in [2.45, 2.75) is 18.6 Å². The van der Waals surface area contributed by atoms with E-state index in [0.29, 0.717) is 27.4 Å². The Kier molecular flexibility index (Phi) is 7.24. The van der Waals surface area contributed by atoms with E-state index in [1.54, 1.807) is 48.0 Å². The second-order valence-electron chi connectivity index (χ2n) is 6.86. The Morgan fingerprint density at radius 1 is 1.19 bits per heavy atom. The molecule has 164 valence electrons. The first-order valence-corrected chi connectivity index (χ1v) is 12.5. The highest BCUT2D eigenvalue weighted by Gasteiger charge is 2.21. The summed E-state index contributed by atoms with van der Waals surface area (Å²) in [6.45, 7) is 1.92. The minimum atomic E-state index is -3.52. The lowest BCUT2D eigenvalue weighted by atomic mass is 10.2. The van der Waals surface area contributed by atoms with Gasteiger partial charge in [0.2, 0.25) is 15.9 Å². The van der Waals surface area contributed by atoms with Crippen molar-refractivity contribution in [1.29, 1.82) is 0 Å². The number of carbonyl (C=O) groups excluding carboxylic acids is 1. The third kappa shape index (κ3) is 5.99. The number of nitrogens with one attached hydrogen (secondary N) is 1. The first-order valence-electron chi connectivity index (χ1n) is 9.25. The summed E-state index contributed by atoms with van der Waals surface area (Å²) in [7, 11) is -1.78. The summed E-state index contributed by atoms with van der Waals surface area (Å²) in [5.41, 5.74) is 2.09. The normalized spacial score (nSPS) is 11.4. The molecule has 0 spiro atoms. The fourth-order valence-electron chi connectivity index (χ4n) is 2.73. The van der Waals surface area contributed by atoms with E-state index in [0.717, 1.165) is 11.8 Å². The van der Waals surface area contributed by atoms with Crippen LogP contribution in [-0.2, 0) is 28.4 Å². The van der Waals surface area contributed by atoms with Crippen LogP contribution >= 0.6 is 23.4 Å². The van der Waals surface area contributed by atoms with Crippen molar-refractivity contribution in [1.82, 2.24) is 14.8 Å². The monoisotopic (exact) mass is 479 g/mol. The number of nitrogens with zero attached hydrogens (tertiary/aromatic N) is 4. The molecule has 11 heteroatoms. The number of aryl methyl sites for hydroxylation is 1. The second kappa shape index (κ2) is 9.71. The number of para-hydroxylation sites is 1. The Morgan fingerprint density at radius 2 is 1.90 bits per heavy atom. The van der Waals surface area contributed by atoms with Crippen molar-refractivity contribution in [3.05, 3.63) is 64.9 Å². The number of benzene rings is 2. The average molecular weight is 480 g/mol. The fraction of sp³-hybridized carbons (Fsp3) is 0.250. The molecule has 0 saturated heterocycles. The minimum Gasteiger partial charge on any atom is -0.325 e. The van der Waals surface area contributed by atoms with Gasteiger partial charge in [0, 0.05) is 17.8 Å². The van der Waals surface area contributed by atoms with E-state index < -0.39 is 10.0 Å². The molecule has 0 aliphatic carbocycles. The molecule has 1 N–H and O–H groups in total. The van der Waals surface area contributed by atoms with Gasteiger partial charge in [-0.15, -0.1) is 10.2 Å². The van der Waals surface area contributed by atoms with Crippen molar-refractivity contribution in [2.75, 3.05) is 21.6 Å². The standard InChI is InChI=1S/C20H22ClN5O3S2/c1-14-9-10-15(11-17(14)21)22-19(27)13-30-20-24-23-18(25(20)2)12-26(31(3,28)29)16-7-5-4-6-8-16/h4-11H,12-13H2,1-3H3,(H,22,27). The highest BCUT2D eigenvalue weighted by molar-refractivity contribution is 7.99. The smallest absolute Gasteiger partial charge is 0.234 e. The fourth-order valence-corrected chi connectivity index (χ4v) is 4.49. The quantitative estimate of drug-likeness (QED) is 0.497. The zero-order valence-electron chi connectivity index (χ0n) is 17.2. The van der Waals surface area contributed by atoms with Crippen LogP contribution in [0.25, 0.3) is 0 Å². The van der Waals surface area contributed by atoms with Crippen molar-refractivity contribution in [3.63, 3.8) is 0 Å². The molecule has 0 aliphatic heterocycles. The topological polar surface area (TPSA) is 97.2 Å². The van der Waals surface area contributed by atoms with Crippen molar-refractivity contribution in [2.24, 2.45) is 7.05 Å². The molecule has 8 nitrogen and oxygen atoms in total. The zero-order valence-corrected chi connectivity index (χ0v) is 19.6. The largest absolute Gasteiger partial charge is 0.325 e. The van der Waals surface area contributed by atoms with Crippen LogP contribution in [0.15, 0.2) is 53.7 Å². The maximum absolute atomic E-state index is 12.3. The van der Waals surface area contributed by atoms with Gasteiger partial charge in [0.05, 0.1) is 24.2 Å². The molecule has 0 fully saturated rings. The lowest BCUT2D eigenvalue weighted by molar-refractivity contribution is -0.113. The van der Waals surface area contributed by atoms with Crippen LogP contribution in [0.3, 0.4) is 0 Å². The highest BCUT2D eigenvalue weighted by Crippen LogP contribution is 2.23. The van der Waals surface area contributed by atoms with Gasteiger partial charge in [-0.2, -0.15) is 0 Å². The molecule has 2 aromatic carbocycles. The summed E-state index contributed by atoms with van der Waals surface area (Å²) in [6.07, 6.45) is 1.15. The number of sulfonamides is 1. The van der Waals surface area contributed by atoms with Gasteiger partial charge in [-0.05, 0) is 36.8 Å². The predicted molar refractivity (Wildman–Crippen MR) is 124 cm³/mol. The maximum Gasteiger partial charge on any atom is 0.234 e. The van der Waals surface area contributed by atoms with Gasteiger partial charge in [0.1, 0.15) is 0 Å². The van der Waals surface area contributed by atoms with E-state index in [-0.39, 0.29) is 18.2 Å². The van der Waals surface area contributed by atoms with Crippen LogP contribution in [0.1, 0.15) is 11.4 Å². The molecule has 0 unspecified atom stereocenters. The van der Waals surface area contributed by atoms with Gasteiger partial charge in [0.25, 0.3) is 0 Å². The number of halogens is 1. The molecule has 1 amide bonds. The number of anilines is 2. The lowest BCUT2D eigenvalue weighted by Crippen LogP contribution is -2.30. The van der Waals surface area contributed by atoms with Crippen LogP contribution in [0.2, 0.25) is 5.02 Å². The summed E-state index contributed by atoms with van der Waals surface area (Å²) >= 11 is 7.30. The van der Waals surface area contributed by atoms with Crippen molar-refractivity contribution < 1.29 is 13.2 Å². The number of aromatic nitrogens is 3. The molecule has 0 aliphatic rings. The molecule has 0 bridgehead atoms. The van der Waals surface area contributed by atoms with Crippen LogP contribution in [0.4, 0.5) is 11.4 Å². The first kappa shape index (κ1) is 23.1. The average Bonchev–Trinajstić information content (AvgIpc) is 3.06. The molecule has 1 aromatic heterocycles. The molecular weight excluding hydrogens is 458 g/mol. The zero-order chi connectivity index (χ0) is 22.6. The molecule has 3 aromatic rings. The minimum absolute atomic E-state index is 0.0287. The lowest BCUT2D eigenvalue weighted by Gasteiger charge is -2.21. The molecule has 1 heterocycles. The summed E-state index contributed by atoms with van der Waals surface area (Å²) in [5, 5.41) is 12.1. The van der Waals surface area contributed by atoms with E-state index >= 15 is 0 Å². The Hall–Kier alpha value is -2.56. The summed E-state index contributed by atoms with van der Waals surface area (Å²) in [4.78, 5) is 12.3. The van der Waals surface area contributed by atoms with E-state index in [4.69, 9.17) is 11.6 Å². The highest BCUT2D eigenvalue weighted by atomic mass is 35.5. The van der Waals surface area contributed by atoms with E-state index in [2.05, 4.69) is 15.5 Å². The molecule has 0 radical (unpaired) electrons. The van der Waals surface area contributed by atoms with Crippen LogP contribution in [0.5, 0.6) is 0 Å². The van der Waals surface area contributed by atoms with Crippen molar-refractivity contribution >= 4 is 50.7 Å². The van der Waals surface area contributed by atoms with Gasteiger partial charge < -0.3 is 9.88 Å². The second-order valence-corrected chi connectivity index (χ2v) is 10.1. The maximum atomic E-state index is 12.3. The van der Waals surface area contributed by atoms with Crippen molar-refractivity contribution in [3.8, 4) is 0 Å². The third-order valence-corrected chi connectivity index (χ3v) is 7.01. The summed E-state index contributed by atoms with van der Waals surface area (Å²) in [6, 6.07) is 14.1. The van der Waals surface area contributed by atoms with Crippen LogP contribution < -0.4 is 9.62 Å². The van der Waals surface area contributed by atoms with Crippen LogP contribution in [-0.4, -0.2) is 41.1 Å². The molecular formula is C20H22ClN5O3S2.